The Morgan fingerprint density at radius 2 is 1.10 bits per heavy atom. The van der Waals surface area contributed by atoms with E-state index in [9.17, 15) is 0 Å². The van der Waals surface area contributed by atoms with Crippen molar-refractivity contribution in [1.29, 1.82) is 0 Å². The van der Waals surface area contributed by atoms with Crippen LogP contribution in [0.25, 0.3) is 0 Å². The van der Waals surface area contributed by atoms with Gasteiger partial charge in [0.1, 0.15) is 0 Å². The third-order valence-electron chi connectivity index (χ3n) is 4.94. The highest BCUT2D eigenvalue weighted by atomic mass is 28.5. The van der Waals surface area contributed by atoms with Gasteiger partial charge in [0.2, 0.25) is 0 Å². The van der Waals surface area contributed by atoms with Gasteiger partial charge in [-0.05, 0) is 58.4 Å². The number of hydrogen-bond acceptors (Lipinski definition) is 4. The largest absolute Gasteiger partial charge is 0.433 e. The number of rotatable bonds is 17. The highest BCUT2D eigenvalue weighted by Crippen LogP contribution is 2.30. The van der Waals surface area contributed by atoms with Gasteiger partial charge in [0.25, 0.3) is 0 Å². The van der Waals surface area contributed by atoms with Crippen LogP contribution < -0.4 is 0 Å². The van der Waals surface area contributed by atoms with Crippen molar-refractivity contribution < 1.29 is 16.5 Å². The molecule has 0 rings (SSSR count). The van der Waals surface area contributed by atoms with Crippen molar-refractivity contribution in [3.8, 4) is 0 Å². The van der Waals surface area contributed by atoms with E-state index in [-0.39, 0.29) is 0 Å². The minimum Gasteiger partial charge on any atom is -0.433 e. The van der Waals surface area contributed by atoms with Crippen LogP contribution in [-0.2, 0) is 16.5 Å². The molecule has 176 valence electrons. The molecule has 0 aliphatic carbocycles. The standard InChI is InChI=1S/C21H48O4Si5/c1-13-17-18-19-20-21-30(12,23-27(7,8)15-3)25-28(9,10)24-29(11,16-4)22-26(5,6)14-2/h14-16H,2-4,13,17-21H2,1,5-12H3. The first-order valence-electron chi connectivity index (χ1n) is 11.3. The second-order valence-electron chi connectivity index (χ2n) is 9.94. The van der Waals surface area contributed by atoms with Gasteiger partial charge in [-0.15, -0.1) is 19.7 Å². The fourth-order valence-corrected chi connectivity index (χ4v) is 24.8. The molecule has 0 aromatic heterocycles. The SMILES string of the molecule is C=C[Si](C)(C)O[Si](C)(C=C)O[Si](C)(C)O[Si](C)(CCCCCCC)O[Si](C)(C)C=C. The minimum atomic E-state index is -2.58. The zero-order valence-electron chi connectivity index (χ0n) is 21.2. The lowest BCUT2D eigenvalue weighted by Gasteiger charge is -2.43. The molecule has 2 atom stereocenters. The first kappa shape index (κ1) is 30.1. The molecule has 9 heteroatoms. The van der Waals surface area contributed by atoms with Gasteiger partial charge in [-0.1, -0.05) is 56.1 Å². The quantitative estimate of drug-likeness (QED) is 0.152. The molecule has 0 heterocycles. The Bertz CT molecular complexity index is 568. The summed E-state index contributed by atoms with van der Waals surface area (Å²) >= 11 is 0. The van der Waals surface area contributed by atoms with Crippen molar-refractivity contribution in [1.82, 2.24) is 0 Å². The van der Waals surface area contributed by atoms with E-state index in [4.69, 9.17) is 16.5 Å². The van der Waals surface area contributed by atoms with E-state index in [1.807, 2.05) is 17.1 Å². The van der Waals surface area contributed by atoms with Crippen molar-refractivity contribution in [2.75, 3.05) is 0 Å². The molecule has 0 saturated heterocycles. The van der Waals surface area contributed by atoms with Crippen molar-refractivity contribution in [3.05, 3.63) is 36.8 Å². The maximum atomic E-state index is 6.83. The van der Waals surface area contributed by atoms with Crippen LogP contribution in [0.5, 0.6) is 0 Å². The summed E-state index contributed by atoms with van der Waals surface area (Å²) in [6.45, 7) is 31.3. The molecule has 0 bridgehead atoms. The van der Waals surface area contributed by atoms with Crippen molar-refractivity contribution >= 4 is 42.3 Å². The highest BCUT2D eigenvalue weighted by Gasteiger charge is 2.47. The van der Waals surface area contributed by atoms with E-state index in [1.54, 1.807) is 0 Å². The molecular weight excluding hydrogens is 457 g/mol. The molecule has 0 aromatic carbocycles. The van der Waals surface area contributed by atoms with Gasteiger partial charge < -0.3 is 16.5 Å². The normalized spacial score (nSPS) is 17.1. The van der Waals surface area contributed by atoms with Gasteiger partial charge in [0.15, 0.2) is 16.6 Å². The van der Waals surface area contributed by atoms with Crippen molar-refractivity contribution in [3.63, 3.8) is 0 Å². The average Bonchev–Trinajstić information content (AvgIpc) is 2.59. The van der Waals surface area contributed by atoms with Crippen molar-refractivity contribution in [2.45, 2.75) is 97.4 Å². The first-order valence-corrected chi connectivity index (χ1v) is 25.0. The molecule has 0 aliphatic rings. The van der Waals surface area contributed by atoms with Crippen LogP contribution >= 0.6 is 0 Å². The Hall–Kier alpha value is 0.144. The molecular formula is C21H48O4Si5. The van der Waals surface area contributed by atoms with E-state index < -0.39 is 42.3 Å². The van der Waals surface area contributed by atoms with Crippen LogP contribution in [0.3, 0.4) is 0 Å². The van der Waals surface area contributed by atoms with Gasteiger partial charge in [-0.3, -0.25) is 0 Å². The number of hydrogen-bond donors (Lipinski definition) is 0. The molecule has 0 N–H and O–H groups in total. The topological polar surface area (TPSA) is 36.9 Å². The van der Waals surface area contributed by atoms with E-state index in [0.717, 1.165) is 12.5 Å². The monoisotopic (exact) mass is 504 g/mol. The van der Waals surface area contributed by atoms with Crippen LogP contribution in [0.4, 0.5) is 0 Å². The Morgan fingerprint density at radius 3 is 1.57 bits per heavy atom. The minimum absolute atomic E-state index is 0.987. The van der Waals surface area contributed by atoms with Crippen LogP contribution in [-0.4, -0.2) is 42.3 Å². The summed E-state index contributed by atoms with van der Waals surface area (Å²) in [6.07, 6.45) is 6.18. The highest BCUT2D eigenvalue weighted by molar-refractivity contribution is 6.93. The molecule has 4 nitrogen and oxygen atoms in total. The summed E-state index contributed by atoms with van der Waals surface area (Å²) in [5.74, 6) is 0. The van der Waals surface area contributed by atoms with E-state index in [1.165, 1.54) is 25.7 Å². The Kier molecular flexibility index (Phi) is 12.5. The lowest BCUT2D eigenvalue weighted by Crippen LogP contribution is -2.59. The Balaban J connectivity index is 5.46. The van der Waals surface area contributed by atoms with E-state index in [0.29, 0.717) is 0 Å². The molecule has 0 radical (unpaired) electrons. The predicted molar refractivity (Wildman–Crippen MR) is 144 cm³/mol. The van der Waals surface area contributed by atoms with Crippen LogP contribution in [0.15, 0.2) is 36.8 Å². The number of unbranched alkanes of at least 4 members (excludes halogenated alkanes) is 4. The fourth-order valence-electron chi connectivity index (χ4n) is 3.47. The van der Waals surface area contributed by atoms with Gasteiger partial charge >= 0.3 is 25.7 Å². The summed E-state index contributed by atoms with van der Waals surface area (Å²) in [5, 5.41) is 0. The van der Waals surface area contributed by atoms with Gasteiger partial charge in [-0.25, -0.2) is 0 Å². The third kappa shape index (κ3) is 12.2. The summed E-state index contributed by atoms with van der Waals surface area (Å²) in [5.41, 5.74) is 5.81. The fraction of sp³-hybridized carbons (Fsp3) is 0.714. The third-order valence-corrected chi connectivity index (χ3v) is 23.8. The molecule has 0 amide bonds. The van der Waals surface area contributed by atoms with Gasteiger partial charge in [-0.2, -0.15) is 0 Å². The second kappa shape index (κ2) is 12.4. The summed E-state index contributed by atoms with van der Waals surface area (Å²) < 4.78 is 26.7. The predicted octanol–water partition coefficient (Wildman–Crippen LogP) is 7.45. The molecule has 0 aliphatic heterocycles. The molecule has 0 saturated carbocycles. The zero-order chi connectivity index (χ0) is 23.7. The molecule has 0 spiro atoms. The van der Waals surface area contributed by atoms with Crippen molar-refractivity contribution in [2.24, 2.45) is 0 Å². The molecule has 30 heavy (non-hydrogen) atoms. The zero-order valence-corrected chi connectivity index (χ0v) is 26.2. The molecule has 2 unspecified atom stereocenters. The second-order valence-corrected chi connectivity index (χ2v) is 28.4. The molecule has 0 aromatic rings. The average molecular weight is 505 g/mol. The smallest absolute Gasteiger partial charge is 0.342 e. The first-order chi connectivity index (χ1) is 13.6. The lowest BCUT2D eigenvalue weighted by molar-refractivity contribution is 0.298. The summed E-state index contributed by atoms with van der Waals surface area (Å²) in [6, 6.07) is 0.987. The van der Waals surface area contributed by atoms with Crippen LogP contribution in [0.2, 0.25) is 58.4 Å². The Labute approximate surface area is 192 Å². The Morgan fingerprint density at radius 1 is 0.600 bits per heavy atom. The van der Waals surface area contributed by atoms with Crippen LogP contribution in [0.1, 0.15) is 39.0 Å². The summed E-state index contributed by atoms with van der Waals surface area (Å²) in [4.78, 5) is 0. The molecule has 0 fully saturated rings. The maximum absolute atomic E-state index is 6.83. The van der Waals surface area contributed by atoms with E-state index in [2.05, 4.69) is 79.0 Å². The maximum Gasteiger partial charge on any atom is 0.342 e. The van der Waals surface area contributed by atoms with Gasteiger partial charge in [0, 0.05) is 0 Å². The summed E-state index contributed by atoms with van der Waals surface area (Å²) in [7, 11) is -11.5. The van der Waals surface area contributed by atoms with Crippen LogP contribution in [0, 0.1) is 0 Å². The lowest BCUT2D eigenvalue weighted by atomic mass is 10.2. The van der Waals surface area contributed by atoms with E-state index >= 15 is 0 Å². The van der Waals surface area contributed by atoms with Gasteiger partial charge in [0.05, 0.1) is 0 Å².